The summed E-state index contributed by atoms with van der Waals surface area (Å²) in [5.41, 5.74) is 3.12. The molecule has 0 fully saturated rings. The van der Waals surface area contributed by atoms with Crippen LogP contribution in [0.25, 0.3) is 32.8 Å². The van der Waals surface area contributed by atoms with Crippen molar-refractivity contribution in [1.29, 1.82) is 0 Å². The minimum atomic E-state index is -5.42. The van der Waals surface area contributed by atoms with E-state index in [1.54, 1.807) is 0 Å². The molecule has 0 saturated carbocycles. The normalized spacial score (nSPS) is 12.2. The summed E-state index contributed by atoms with van der Waals surface area (Å²) in [5.74, 6) is -4.90. The molecule has 4 aromatic rings. The molecule has 0 amide bonds. The fourth-order valence-corrected chi connectivity index (χ4v) is 3.26. The van der Waals surface area contributed by atoms with Crippen molar-refractivity contribution in [2.45, 2.75) is 32.1 Å². The minimum Gasteiger partial charge on any atom is -0.504 e. The number of nitrogens with zero attached hydrogens (tertiary/aromatic N) is 2. The maximum Gasteiger partial charge on any atom is 0.454 e. The van der Waals surface area contributed by atoms with Gasteiger partial charge in [0.2, 0.25) is 5.76 Å². The van der Waals surface area contributed by atoms with Gasteiger partial charge >= 0.3 is 12.4 Å². The van der Waals surface area contributed by atoms with E-state index in [1.165, 1.54) is 16.2 Å². The molecule has 1 N–H and O–H groups in total. The topological polar surface area (TPSA) is 63.1 Å². The minimum absolute atomic E-state index is 0. The van der Waals surface area contributed by atoms with Crippen LogP contribution in [0.15, 0.2) is 72.8 Å². The molecule has 4 rings (SSSR count). The number of hydrogen-bond donors (Lipinski definition) is 1. The Morgan fingerprint density at radius 3 is 2.22 bits per heavy atom. The number of ketones is 1. The van der Waals surface area contributed by atoms with Crippen LogP contribution < -0.4 is 0 Å². The Hall–Kier alpha value is -3.30. The summed E-state index contributed by atoms with van der Waals surface area (Å²) in [4.78, 5) is 19.1. The zero-order valence-electron chi connectivity index (χ0n) is 19.3. The van der Waals surface area contributed by atoms with E-state index in [-0.39, 0.29) is 20.1 Å². The van der Waals surface area contributed by atoms with Gasteiger partial charge in [0.15, 0.2) is 0 Å². The van der Waals surface area contributed by atoms with E-state index < -0.39 is 30.0 Å². The van der Waals surface area contributed by atoms with Crippen LogP contribution in [0.3, 0.4) is 0 Å². The first-order valence-electron chi connectivity index (χ1n) is 10.5. The van der Waals surface area contributed by atoms with Gasteiger partial charge in [0.05, 0.1) is 0 Å². The first-order chi connectivity index (χ1) is 16.8. The second-order valence-electron chi connectivity index (χ2n) is 7.97. The molecule has 2 heterocycles. The molecule has 0 spiro atoms. The van der Waals surface area contributed by atoms with Crippen molar-refractivity contribution in [3.8, 4) is 11.3 Å². The first kappa shape index (κ1) is 29.9. The number of carbonyl (C=O) groups is 1. The number of benzene rings is 2. The Morgan fingerprint density at radius 2 is 1.65 bits per heavy atom. The number of aliphatic hydroxyl groups excluding tert-OH is 1. The SMILES string of the molecule is CC(C)c1cc2ccc3c(-c4[c-]cccc4)nccc3c2cn1.O=C(/C=C(\O)C(F)(F)F)C(F)(F)F.[Ir]. The molecule has 0 unspecified atom stereocenters. The molecule has 1 radical (unpaired) electrons. The zero-order chi connectivity index (χ0) is 26.7. The Morgan fingerprint density at radius 1 is 0.946 bits per heavy atom. The molecule has 2 aromatic heterocycles. The van der Waals surface area contributed by atoms with Crippen molar-refractivity contribution in [2.75, 3.05) is 0 Å². The monoisotopic (exact) mass is 698 g/mol. The van der Waals surface area contributed by atoms with Gasteiger partial charge in [-0.25, -0.2) is 0 Å². The van der Waals surface area contributed by atoms with Crippen molar-refractivity contribution < 1.29 is 56.3 Å². The van der Waals surface area contributed by atoms with E-state index in [4.69, 9.17) is 5.11 Å². The number of alkyl halides is 6. The molecule has 0 aliphatic rings. The quantitative estimate of drug-likeness (QED) is 0.0793. The molecule has 0 aliphatic heterocycles. The Labute approximate surface area is 221 Å². The van der Waals surface area contributed by atoms with Gasteiger partial charge in [-0.1, -0.05) is 26.0 Å². The van der Waals surface area contributed by atoms with Crippen LogP contribution in [-0.4, -0.2) is 33.2 Å². The van der Waals surface area contributed by atoms with E-state index in [2.05, 4.69) is 54.1 Å². The first-order valence-corrected chi connectivity index (χ1v) is 10.5. The Balaban J connectivity index is 0.000000299. The number of fused-ring (bicyclic) bond motifs is 3. The van der Waals surface area contributed by atoms with Gasteiger partial charge in [0, 0.05) is 49.7 Å². The van der Waals surface area contributed by atoms with E-state index in [0.29, 0.717) is 5.92 Å². The van der Waals surface area contributed by atoms with Crippen molar-refractivity contribution in [3.63, 3.8) is 0 Å². The number of pyridine rings is 2. The molecule has 0 saturated heterocycles. The van der Waals surface area contributed by atoms with Crippen LogP contribution >= 0.6 is 0 Å². The van der Waals surface area contributed by atoms with Crippen LogP contribution in [0.1, 0.15) is 25.5 Å². The number of rotatable bonds is 3. The fraction of sp³-hybridized carbons (Fsp3) is 0.192. The Kier molecular flexibility index (Phi) is 9.57. The fourth-order valence-electron chi connectivity index (χ4n) is 3.26. The number of aliphatic hydroxyl groups is 1. The molecule has 0 bridgehead atoms. The van der Waals surface area contributed by atoms with Crippen LogP contribution in [0.4, 0.5) is 26.3 Å². The van der Waals surface area contributed by atoms with Crippen molar-refractivity contribution in [1.82, 2.24) is 9.97 Å². The predicted octanol–water partition coefficient (Wildman–Crippen LogP) is 7.49. The summed E-state index contributed by atoms with van der Waals surface area (Å²) in [6, 6.07) is 19.8. The summed E-state index contributed by atoms with van der Waals surface area (Å²) < 4.78 is 68.1. The second-order valence-corrected chi connectivity index (χ2v) is 7.97. The predicted molar refractivity (Wildman–Crippen MR) is 123 cm³/mol. The molecule has 37 heavy (non-hydrogen) atoms. The molecule has 11 heteroatoms. The number of allylic oxidation sites excluding steroid dienone is 2. The summed E-state index contributed by atoms with van der Waals surface area (Å²) in [7, 11) is 0. The molecule has 2 aromatic carbocycles. The Bertz CT molecular complexity index is 1420. The average Bonchev–Trinajstić information content (AvgIpc) is 2.82. The zero-order valence-corrected chi connectivity index (χ0v) is 21.7. The second kappa shape index (κ2) is 11.8. The average molecular weight is 698 g/mol. The maximum atomic E-state index is 11.4. The van der Waals surface area contributed by atoms with Gasteiger partial charge in [-0.3, -0.25) is 9.78 Å². The summed E-state index contributed by atoms with van der Waals surface area (Å²) in [6.45, 7) is 4.34. The van der Waals surface area contributed by atoms with Crippen molar-refractivity contribution >= 4 is 27.3 Å². The van der Waals surface area contributed by atoms with Gasteiger partial charge in [-0.2, -0.15) is 26.3 Å². The van der Waals surface area contributed by atoms with Crippen molar-refractivity contribution in [3.05, 3.63) is 84.5 Å². The molecule has 0 aliphatic carbocycles. The van der Waals surface area contributed by atoms with Gasteiger partial charge in [-0.15, -0.1) is 35.9 Å². The molecular weight excluding hydrogens is 679 g/mol. The largest absolute Gasteiger partial charge is 0.504 e. The standard InChI is InChI=1S/C21H17N2.C5H2F6O2.Ir/c1-14(2)20-12-16-8-9-18-17(19(16)13-23-20)10-11-22-21(18)15-6-4-3-5-7-15;6-4(7,8)2(12)1-3(13)5(9,10)11;/h3-6,8-14H,1-2H3;1,12H;/q-1;;/b;2-1-;. The molecule has 0 atom stereocenters. The van der Waals surface area contributed by atoms with E-state index in [0.717, 1.165) is 22.3 Å². The van der Waals surface area contributed by atoms with Gasteiger partial charge in [0.1, 0.15) is 0 Å². The molecule has 197 valence electrons. The van der Waals surface area contributed by atoms with Crippen LogP contribution in [0.2, 0.25) is 0 Å². The van der Waals surface area contributed by atoms with E-state index in [9.17, 15) is 31.1 Å². The van der Waals surface area contributed by atoms with E-state index >= 15 is 0 Å². The van der Waals surface area contributed by atoms with Gasteiger partial charge in [0.25, 0.3) is 5.78 Å². The van der Waals surface area contributed by atoms with E-state index in [1.807, 2.05) is 36.7 Å². The summed E-state index contributed by atoms with van der Waals surface area (Å²) >= 11 is 0. The van der Waals surface area contributed by atoms with Crippen LogP contribution in [-0.2, 0) is 24.9 Å². The summed E-state index contributed by atoms with van der Waals surface area (Å²) in [6.07, 6.45) is -7.82. The number of aromatic nitrogens is 2. The number of halogens is 6. The van der Waals surface area contributed by atoms with Crippen LogP contribution in [0, 0.1) is 6.07 Å². The smallest absolute Gasteiger partial charge is 0.454 e. The van der Waals surface area contributed by atoms with Crippen LogP contribution in [0.5, 0.6) is 0 Å². The number of carbonyl (C=O) groups excluding carboxylic acids is 1. The van der Waals surface area contributed by atoms with Crippen molar-refractivity contribution in [2.24, 2.45) is 0 Å². The third kappa shape index (κ3) is 7.36. The molecular formula is C26H19F6IrN2O2-. The third-order valence-corrected chi connectivity index (χ3v) is 5.06. The number of hydrogen-bond acceptors (Lipinski definition) is 4. The summed E-state index contributed by atoms with van der Waals surface area (Å²) in [5, 5.41) is 12.7. The third-order valence-electron chi connectivity index (χ3n) is 5.06. The maximum absolute atomic E-state index is 11.4. The van der Waals surface area contributed by atoms with Gasteiger partial charge < -0.3 is 10.1 Å². The molecule has 4 nitrogen and oxygen atoms in total. The van der Waals surface area contributed by atoms with Gasteiger partial charge in [-0.05, 0) is 39.9 Å².